The smallest absolute Gasteiger partial charge is 0.328 e. The van der Waals surface area contributed by atoms with Crippen LogP contribution in [0, 0.1) is 3.57 Å². The predicted octanol–water partition coefficient (Wildman–Crippen LogP) is 3.35. The molecule has 0 aliphatic rings. The maximum absolute atomic E-state index is 5.81. The minimum atomic E-state index is 0.0990. The summed E-state index contributed by atoms with van der Waals surface area (Å²) in [6, 6.07) is 7.76. The van der Waals surface area contributed by atoms with Crippen LogP contribution in [0.25, 0.3) is 0 Å². The summed E-state index contributed by atoms with van der Waals surface area (Å²) in [5.41, 5.74) is 0. The summed E-state index contributed by atoms with van der Waals surface area (Å²) < 4.78 is 6.55. The third-order valence-corrected chi connectivity index (χ3v) is 3.02. The van der Waals surface area contributed by atoms with Gasteiger partial charge in [0.1, 0.15) is 5.75 Å². The van der Waals surface area contributed by atoms with Gasteiger partial charge in [-0.05, 0) is 53.2 Å². The van der Waals surface area contributed by atoms with Gasteiger partial charge >= 0.3 is 6.01 Å². The first-order valence-corrected chi connectivity index (χ1v) is 6.72. The predicted molar refractivity (Wildman–Crippen MR) is 78.2 cm³/mol. The molecule has 5 nitrogen and oxygen atoms in total. The molecule has 18 heavy (non-hydrogen) atoms. The highest BCUT2D eigenvalue weighted by Gasteiger charge is 2.08. The highest BCUT2D eigenvalue weighted by molar-refractivity contribution is 14.1. The van der Waals surface area contributed by atoms with E-state index < -0.39 is 0 Å². The van der Waals surface area contributed by atoms with Crippen LogP contribution >= 0.6 is 34.2 Å². The number of halogens is 2. The van der Waals surface area contributed by atoms with Crippen molar-refractivity contribution in [2.75, 3.05) is 11.9 Å². The van der Waals surface area contributed by atoms with Crippen molar-refractivity contribution in [2.45, 2.75) is 6.92 Å². The molecule has 0 amide bonds. The second kappa shape index (κ2) is 6.14. The molecule has 1 heterocycles. The van der Waals surface area contributed by atoms with Gasteiger partial charge in [0.2, 0.25) is 11.2 Å². The second-order valence-electron chi connectivity index (χ2n) is 3.27. The zero-order valence-electron chi connectivity index (χ0n) is 9.52. The van der Waals surface area contributed by atoms with Crippen LogP contribution in [-0.4, -0.2) is 21.5 Å². The molecule has 1 N–H and O–H groups in total. The molecule has 1 aromatic heterocycles. The molecular weight excluding hydrogens is 367 g/mol. The fourth-order valence-electron chi connectivity index (χ4n) is 1.24. The molecule has 1 aromatic carbocycles. The summed E-state index contributed by atoms with van der Waals surface area (Å²) in [6.07, 6.45) is 0. The van der Waals surface area contributed by atoms with E-state index in [1.807, 2.05) is 31.2 Å². The van der Waals surface area contributed by atoms with Gasteiger partial charge in [-0.3, -0.25) is 0 Å². The Bertz CT molecular complexity index is 552. The SMILES string of the molecule is CCNc1nc(Cl)nc(Oc2ccccc2I)n1. The average Bonchev–Trinajstić information content (AvgIpc) is 2.32. The maximum atomic E-state index is 5.81. The maximum Gasteiger partial charge on any atom is 0.328 e. The number of benzene rings is 1. The van der Waals surface area contributed by atoms with Crippen LogP contribution in [-0.2, 0) is 0 Å². The highest BCUT2D eigenvalue weighted by Crippen LogP contribution is 2.24. The van der Waals surface area contributed by atoms with Crippen molar-refractivity contribution >= 4 is 40.1 Å². The van der Waals surface area contributed by atoms with E-state index in [0.29, 0.717) is 18.2 Å². The lowest BCUT2D eigenvalue weighted by molar-refractivity contribution is 0.437. The van der Waals surface area contributed by atoms with Crippen LogP contribution < -0.4 is 10.1 Å². The number of nitrogens with zero attached hydrogens (tertiary/aromatic N) is 3. The van der Waals surface area contributed by atoms with Gasteiger partial charge in [-0.25, -0.2) is 0 Å². The fraction of sp³-hybridized carbons (Fsp3) is 0.182. The first kappa shape index (κ1) is 13.3. The Hall–Kier alpha value is -1.15. The Morgan fingerprint density at radius 3 is 2.78 bits per heavy atom. The van der Waals surface area contributed by atoms with Crippen LogP contribution in [0.15, 0.2) is 24.3 Å². The van der Waals surface area contributed by atoms with Gasteiger partial charge < -0.3 is 10.1 Å². The van der Waals surface area contributed by atoms with Crippen molar-refractivity contribution in [3.8, 4) is 11.8 Å². The number of nitrogens with one attached hydrogen (secondary N) is 1. The zero-order valence-corrected chi connectivity index (χ0v) is 12.4. The number of anilines is 1. The van der Waals surface area contributed by atoms with E-state index in [1.165, 1.54) is 0 Å². The lowest BCUT2D eigenvalue weighted by atomic mass is 10.3. The highest BCUT2D eigenvalue weighted by atomic mass is 127. The molecule has 2 rings (SSSR count). The molecule has 0 fully saturated rings. The largest absolute Gasteiger partial charge is 0.423 e. The van der Waals surface area contributed by atoms with Gasteiger partial charge in [0.05, 0.1) is 3.57 Å². The number of hydrogen-bond donors (Lipinski definition) is 1. The molecule has 0 aliphatic carbocycles. The summed E-state index contributed by atoms with van der Waals surface area (Å²) in [5.74, 6) is 1.08. The van der Waals surface area contributed by atoms with Crippen LogP contribution in [0.2, 0.25) is 5.28 Å². The first-order valence-electron chi connectivity index (χ1n) is 5.27. The van der Waals surface area contributed by atoms with E-state index in [2.05, 4.69) is 42.9 Å². The number of ether oxygens (including phenoxy) is 1. The molecule has 0 saturated carbocycles. The van der Waals surface area contributed by atoms with E-state index >= 15 is 0 Å². The molecule has 0 spiro atoms. The summed E-state index contributed by atoms with van der Waals surface area (Å²) in [4.78, 5) is 12.0. The van der Waals surface area contributed by atoms with Gasteiger partial charge in [0.15, 0.2) is 0 Å². The Morgan fingerprint density at radius 1 is 1.28 bits per heavy atom. The van der Waals surface area contributed by atoms with Gasteiger partial charge in [-0.2, -0.15) is 15.0 Å². The Balaban J connectivity index is 2.26. The lowest BCUT2D eigenvalue weighted by Gasteiger charge is -2.07. The topological polar surface area (TPSA) is 59.9 Å². The normalized spacial score (nSPS) is 10.2. The summed E-state index contributed by atoms with van der Waals surface area (Å²) >= 11 is 7.98. The van der Waals surface area contributed by atoms with Gasteiger partial charge in [0, 0.05) is 6.54 Å². The standard InChI is InChI=1S/C11H10ClIN4O/c1-2-14-10-15-9(12)16-11(17-10)18-8-6-4-3-5-7(8)13/h3-6H,2H2,1H3,(H,14,15,16,17). The van der Waals surface area contributed by atoms with Crippen molar-refractivity contribution in [2.24, 2.45) is 0 Å². The van der Waals surface area contributed by atoms with E-state index in [9.17, 15) is 0 Å². The van der Waals surface area contributed by atoms with Crippen LogP contribution in [0.4, 0.5) is 5.95 Å². The Morgan fingerprint density at radius 2 is 2.06 bits per heavy atom. The monoisotopic (exact) mass is 376 g/mol. The molecule has 2 aromatic rings. The molecule has 7 heteroatoms. The molecular formula is C11H10ClIN4O. The molecule has 0 radical (unpaired) electrons. The number of rotatable bonds is 4. The molecule has 0 unspecified atom stereocenters. The molecule has 0 atom stereocenters. The number of para-hydroxylation sites is 1. The fourth-order valence-corrected chi connectivity index (χ4v) is 1.89. The van der Waals surface area contributed by atoms with Crippen molar-refractivity contribution in [1.82, 2.24) is 15.0 Å². The van der Waals surface area contributed by atoms with Crippen LogP contribution in [0.3, 0.4) is 0 Å². The summed E-state index contributed by atoms with van der Waals surface area (Å²) in [5, 5.41) is 3.06. The second-order valence-corrected chi connectivity index (χ2v) is 4.77. The Kier molecular flexibility index (Phi) is 4.54. The first-order chi connectivity index (χ1) is 8.69. The van der Waals surface area contributed by atoms with Crippen molar-refractivity contribution in [3.63, 3.8) is 0 Å². The van der Waals surface area contributed by atoms with E-state index in [4.69, 9.17) is 16.3 Å². The van der Waals surface area contributed by atoms with E-state index in [1.54, 1.807) is 0 Å². The quantitative estimate of drug-likeness (QED) is 0.829. The van der Waals surface area contributed by atoms with E-state index in [-0.39, 0.29) is 11.3 Å². The van der Waals surface area contributed by atoms with E-state index in [0.717, 1.165) is 3.57 Å². The molecule has 94 valence electrons. The van der Waals surface area contributed by atoms with Crippen molar-refractivity contribution in [1.29, 1.82) is 0 Å². The lowest BCUT2D eigenvalue weighted by Crippen LogP contribution is -2.05. The minimum absolute atomic E-state index is 0.0990. The van der Waals surface area contributed by atoms with Crippen LogP contribution in [0.5, 0.6) is 11.8 Å². The Labute approximate surface area is 123 Å². The number of hydrogen-bond acceptors (Lipinski definition) is 5. The minimum Gasteiger partial charge on any atom is -0.423 e. The van der Waals surface area contributed by atoms with Crippen LogP contribution in [0.1, 0.15) is 6.92 Å². The van der Waals surface area contributed by atoms with Crippen molar-refractivity contribution < 1.29 is 4.74 Å². The third kappa shape index (κ3) is 3.42. The average molecular weight is 377 g/mol. The molecule has 0 saturated heterocycles. The zero-order chi connectivity index (χ0) is 13.0. The van der Waals surface area contributed by atoms with Gasteiger partial charge in [-0.1, -0.05) is 12.1 Å². The van der Waals surface area contributed by atoms with Gasteiger partial charge in [0.25, 0.3) is 0 Å². The van der Waals surface area contributed by atoms with Gasteiger partial charge in [-0.15, -0.1) is 0 Å². The third-order valence-electron chi connectivity index (χ3n) is 1.96. The summed E-state index contributed by atoms with van der Waals surface area (Å²) in [7, 11) is 0. The number of aromatic nitrogens is 3. The molecule has 0 aliphatic heterocycles. The van der Waals surface area contributed by atoms with Crippen molar-refractivity contribution in [3.05, 3.63) is 33.1 Å². The molecule has 0 bridgehead atoms. The summed E-state index contributed by atoms with van der Waals surface area (Å²) in [6.45, 7) is 2.64.